The van der Waals surface area contributed by atoms with E-state index in [4.69, 9.17) is 0 Å². The predicted molar refractivity (Wildman–Crippen MR) is 72.7 cm³/mol. The molecule has 3 nitrogen and oxygen atoms in total. The van der Waals surface area contributed by atoms with Crippen molar-refractivity contribution in [2.24, 2.45) is 0 Å². The maximum absolute atomic E-state index is 4.55. The Labute approximate surface area is 108 Å². The Bertz CT molecular complexity index is 557. The summed E-state index contributed by atoms with van der Waals surface area (Å²) in [4.78, 5) is 11.2. The van der Waals surface area contributed by atoms with Gasteiger partial charge < -0.3 is 4.90 Å². The molecule has 1 aromatic carbocycles. The average molecular weight is 239 g/mol. The lowest BCUT2D eigenvalue weighted by atomic mass is 10.00. The predicted octanol–water partition coefficient (Wildman–Crippen LogP) is 2.66. The molecule has 0 unspecified atom stereocenters. The van der Waals surface area contributed by atoms with Crippen LogP contribution >= 0.6 is 0 Å². The van der Waals surface area contributed by atoms with E-state index in [9.17, 15) is 0 Å². The zero-order valence-corrected chi connectivity index (χ0v) is 10.8. The molecule has 3 heteroatoms. The summed E-state index contributed by atoms with van der Waals surface area (Å²) in [7, 11) is 0. The van der Waals surface area contributed by atoms with E-state index in [0.29, 0.717) is 0 Å². The van der Waals surface area contributed by atoms with Crippen molar-refractivity contribution in [2.45, 2.75) is 26.8 Å². The fourth-order valence-corrected chi connectivity index (χ4v) is 2.55. The van der Waals surface area contributed by atoms with Gasteiger partial charge in [-0.25, -0.2) is 9.97 Å². The van der Waals surface area contributed by atoms with E-state index >= 15 is 0 Å². The molecule has 1 aliphatic heterocycles. The number of hydrogen-bond donors (Lipinski definition) is 0. The van der Waals surface area contributed by atoms with Crippen molar-refractivity contribution in [2.75, 3.05) is 11.4 Å². The second kappa shape index (κ2) is 4.41. The van der Waals surface area contributed by atoms with E-state index in [1.165, 1.54) is 11.1 Å². The summed E-state index contributed by atoms with van der Waals surface area (Å²) in [5.74, 6) is 1.90. The fraction of sp³-hybridized carbons (Fsp3) is 0.333. The van der Waals surface area contributed by atoms with Gasteiger partial charge in [-0.05, 0) is 31.4 Å². The van der Waals surface area contributed by atoms with Gasteiger partial charge in [-0.15, -0.1) is 0 Å². The van der Waals surface area contributed by atoms with Crippen LogP contribution in [-0.4, -0.2) is 16.5 Å². The van der Waals surface area contributed by atoms with Crippen molar-refractivity contribution < 1.29 is 0 Å². The van der Waals surface area contributed by atoms with Crippen molar-refractivity contribution in [3.05, 3.63) is 53.0 Å². The van der Waals surface area contributed by atoms with Crippen LogP contribution in [0.5, 0.6) is 0 Å². The Morgan fingerprint density at radius 2 is 1.83 bits per heavy atom. The summed E-state index contributed by atoms with van der Waals surface area (Å²) in [5.41, 5.74) is 3.92. The van der Waals surface area contributed by atoms with E-state index in [1.807, 2.05) is 13.8 Å². The van der Waals surface area contributed by atoms with Crippen LogP contribution in [0.3, 0.4) is 0 Å². The minimum Gasteiger partial charge on any atom is -0.352 e. The highest BCUT2D eigenvalue weighted by Crippen LogP contribution is 2.23. The SMILES string of the molecule is Cc1cc(N2CCc3ccccc3C2)nc(C)n1. The lowest BCUT2D eigenvalue weighted by molar-refractivity contribution is 0.715. The molecule has 0 N–H and O–H groups in total. The number of benzene rings is 1. The summed E-state index contributed by atoms with van der Waals surface area (Å²) in [6.07, 6.45) is 1.10. The highest BCUT2D eigenvalue weighted by atomic mass is 15.2. The molecule has 0 spiro atoms. The van der Waals surface area contributed by atoms with Crippen molar-refractivity contribution in [1.82, 2.24) is 9.97 Å². The molecule has 0 aliphatic carbocycles. The molecule has 2 aromatic rings. The quantitative estimate of drug-likeness (QED) is 0.766. The topological polar surface area (TPSA) is 29.0 Å². The summed E-state index contributed by atoms with van der Waals surface area (Å²) in [5, 5.41) is 0. The Balaban J connectivity index is 1.91. The number of hydrogen-bond acceptors (Lipinski definition) is 3. The lowest BCUT2D eigenvalue weighted by Gasteiger charge is -2.30. The van der Waals surface area contributed by atoms with Crippen molar-refractivity contribution >= 4 is 5.82 Å². The molecule has 1 aromatic heterocycles. The molecular formula is C15H17N3. The van der Waals surface area contributed by atoms with Gasteiger partial charge in [0.25, 0.3) is 0 Å². The van der Waals surface area contributed by atoms with Crippen molar-refractivity contribution in [1.29, 1.82) is 0 Å². The maximum Gasteiger partial charge on any atom is 0.132 e. The number of aromatic nitrogens is 2. The third kappa shape index (κ3) is 2.08. The van der Waals surface area contributed by atoms with Crippen molar-refractivity contribution in [3.8, 4) is 0 Å². The van der Waals surface area contributed by atoms with Crippen LogP contribution in [0.2, 0.25) is 0 Å². The molecule has 1 aliphatic rings. The first-order valence-electron chi connectivity index (χ1n) is 6.36. The monoisotopic (exact) mass is 239 g/mol. The second-order valence-electron chi connectivity index (χ2n) is 4.86. The van der Waals surface area contributed by atoms with Gasteiger partial charge in [0.2, 0.25) is 0 Å². The smallest absolute Gasteiger partial charge is 0.132 e. The van der Waals surface area contributed by atoms with Crippen LogP contribution in [0.15, 0.2) is 30.3 Å². The van der Waals surface area contributed by atoms with Gasteiger partial charge in [0.05, 0.1) is 0 Å². The Hall–Kier alpha value is -1.90. The van der Waals surface area contributed by atoms with E-state index < -0.39 is 0 Å². The number of nitrogens with zero attached hydrogens (tertiary/aromatic N) is 3. The normalized spacial score (nSPS) is 14.4. The standard InChI is InChI=1S/C15H17N3/c1-11-9-15(17-12(2)16-11)18-8-7-13-5-3-4-6-14(13)10-18/h3-6,9H,7-8,10H2,1-2H3. The molecule has 0 fully saturated rings. The van der Waals surface area contributed by atoms with Crippen molar-refractivity contribution in [3.63, 3.8) is 0 Å². The largest absolute Gasteiger partial charge is 0.352 e. The van der Waals surface area contributed by atoms with Gasteiger partial charge in [0, 0.05) is 24.8 Å². The van der Waals surface area contributed by atoms with Crippen LogP contribution < -0.4 is 4.90 Å². The van der Waals surface area contributed by atoms with Gasteiger partial charge in [-0.2, -0.15) is 0 Å². The van der Waals surface area contributed by atoms with Crippen LogP contribution in [0, 0.1) is 13.8 Å². The second-order valence-corrected chi connectivity index (χ2v) is 4.86. The van der Waals surface area contributed by atoms with E-state index in [2.05, 4.69) is 45.2 Å². The molecule has 3 rings (SSSR count). The zero-order valence-electron chi connectivity index (χ0n) is 10.8. The maximum atomic E-state index is 4.55. The van der Waals surface area contributed by atoms with Crippen LogP contribution in [0.4, 0.5) is 5.82 Å². The third-order valence-corrected chi connectivity index (χ3v) is 3.41. The van der Waals surface area contributed by atoms with Gasteiger partial charge >= 0.3 is 0 Å². The first-order valence-corrected chi connectivity index (χ1v) is 6.36. The minimum atomic E-state index is 0.851. The van der Waals surface area contributed by atoms with Gasteiger partial charge in [-0.1, -0.05) is 24.3 Å². The first-order chi connectivity index (χ1) is 8.72. The highest BCUT2D eigenvalue weighted by Gasteiger charge is 2.17. The average Bonchev–Trinajstić information content (AvgIpc) is 2.37. The molecule has 2 heterocycles. The molecule has 0 atom stereocenters. The Morgan fingerprint density at radius 1 is 1.06 bits per heavy atom. The molecular weight excluding hydrogens is 222 g/mol. The van der Waals surface area contributed by atoms with E-state index in [1.54, 1.807) is 0 Å². The Kier molecular flexibility index (Phi) is 2.74. The molecule has 0 radical (unpaired) electrons. The Morgan fingerprint density at radius 3 is 2.61 bits per heavy atom. The van der Waals surface area contributed by atoms with Crippen LogP contribution in [0.1, 0.15) is 22.6 Å². The number of rotatable bonds is 1. The summed E-state index contributed by atoms with van der Waals surface area (Å²) < 4.78 is 0. The lowest BCUT2D eigenvalue weighted by Crippen LogP contribution is -2.31. The number of aryl methyl sites for hydroxylation is 2. The minimum absolute atomic E-state index is 0.851. The van der Waals surface area contributed by atoms with Gasteiger partial charge in [0.15, 0.2) is 0 Å². The summed E-state index contributed by atoms with van der Waals surface area (Å²) in [6, 6.07) is 10.7. The number of fused-ring (bicyclic) bond motifs is 1. The zero-order chi connectivity index (χ0) is 12.5. The summed E-state index contributed by atoms with van der Waals surface area (Å²) >= 11 is 0. The first kappa shape index (κ1) is 11.2. The van der Waals surface area contributed by atoms with Crippen LogP contribution in [0.25, 0.3) is 0 Å². The third-order valence-electron chi connectivity index (χ3n) is 3.41. The van der Waals surface area contributed by atoms with Gasteiger partial charge in [-0.3, -0.25) is 0 Å². The fourth-order valence-electron chi connectivity index (χ4n) is 2.55. The molecule has 0 saturated carbocycles. The van der Waals surface area contributed by atoms with E-state index in [0.717, 1.165) is 36.8 Å². The molecule has 0 saturated heterocycles. The molecule has 92 valence electrons. The molecule has 18 heavy (non-hydrogen) atoms. The molecule has 0 bridgehead atoms. The van der Waals surface area contributed by atoms with E-state index in [-0.39, 0.29) is 0 Å². The van der Waals surface area contributed by atoms with Crippen LogP contribution in [-0.2, 0) is 13.0 Å². The summed E-state index contributed by atoms with van der Waals surface area (Å²) in [6.45, 7) is 5.96. The highest BCUT2D eigenvalue weighted by molar-refractivity contribution is 5.44. The molecule has 0 amide bonds. The van der Waals surface area contributed by atoms with Gasteiger partial charge in [0.1, 0.15) is 11.6 Å². The number of anilines is 1.